The van der Waals surface area contributed by atoms with Crippen molar-refractivity contribution in [2.75, 3.05) is 18.5 Å². The Morgan fingerprint density at radius 3 is 2.97 bits per heavy atom. The summed E-state index contributed by atoms with van der Waals surface area (Å²) >= 11 is 0. The molecule has 30 heavy (non-hydrogen) atoms. The number of ether oxygens (including phenoxy) is 1. The van der Waals surface area contributed by atoms with Gasteiger partial charge in [-0.3, -0.25) is 19.1 Å². The topological polar surface area (TPSA) is 114 Å². The van der Waals surface area contributed by atoms with Gasteiger partial charge in [0.05, 0.1) is 23.1 Å². The average molecular weight is 411 g/mol. The molecule has 3 heterocycles. The second-order valence-corrected chi connectivity index (χ2v) is 7.97. The quantitative estimate of drug-likeness (QED) is 0.687. The van der Waals surface area contributed by atoms with E-state index in [2.05, 4.69) is 21.0 Å². The molecule has 1 atom stereocenters. The molecule has 2 aromatic rings. The molecule has 4 rings (SSSR count). The Labute approximate surface area is 174 Å². The minimum absolute atomic E-state index is 0.0550. The fourth-order valence-corrected chi connectivity index (χ4v) is 3.76. The van der Waals surface area contributed by atoms with Gasteiger partial charge in [0.15, 0.2) is 6.61 Å². The van der Waals surface area contributed by atoms with Gasteiger partial charge in [-0.25, -0.2) is 0 Å². The number of rotatable bonds is 5. The summed E-state index contributed by atoms with van der Waals surface area (Å²) in [6.45, 7) is 5.01. The molecule has 3 N–H and O–H groups in total. The van der Waals surface area contributed by atoms with Gasteiger partial charge in [-0.1, -0.05) is 0 Å². The standard InChI is InChI=1S/C21H25N5O4/c1-12(2)24-21(29)15-10-23-26-6-5-13(7-17(15)26)9-22-20(28)14-3-4-16-18(8-14)30-11-19(27)25-16/h3-4,8,10,12-13H,5-7,9,11H2,1-2H3,(H,22,28)(H,24,29)(H,25,27). The van der Waals surface area contributed by atoms with Crippen LogP contribution in [0.4, 0.5) is 5.69 Å². The van der Waals surface area contributed by atoms with Crippen molar-refractivity contribution in [3.63, 3.8) is 0 Å². The molecular weight excluding hydrogens is 386 g/mol. The zero-order chi connectivity index (χ0) is 21.3. The highest BCUT2D eigenvalue weighted by molar-refractivity contribution is 5.99. The summed E-state index contributed by atoms with van der Waals surface area (Å²) in [6, 6.07) is 5.02. The van der Waals surface area contributed by atoms with E-state index in [1.165, 1.54) is 0 Å². The van der Waals surface area contributed by atoms with Gasteiger partial charge in [0.2, 0.25) is 0 Å². The first-order valence-electron chi connectivity index (χ1n) is 10.1. The van der Waals surface area contributed by atoms with Crippen LogP contribution in [0.2, 0.25) is 0 Å². The summed E-state index contributed by atoms with van der Waals surface area (Å²) in [5, 5.41) is 12.9. The number of carbonyl (C=O) groups excluding carboxylic acids is 3. The van der Waals surface area contributed by atoms with E-state index in [9.17, 15) is 14.4 Å². The minimum atomic E-state index is -0.210. The molecule has 2 aliphatic rings. The number of carbonyl (C=O) groups is 3. The lowest BCUT2D eigenvalue weighted by Gasteiger charge is -2.24. The number of fused-ring (bicyclic) bond motifs is 2. The van der Waals surface area contributed by atoms with Crippen LogP contribution >= 0.6 is 0 Å². The van der Waals surface area contributed by atoms with Crippen LogP contribution in [0.25, 0.3) is 0 Å². The molecule has 0 fully saturated rings. The number of aryl methyl sites for hydroxylation is 1. The fourth-order valence-electron chi connectivity index (χ4n) is 3.76. The number of anilines is 1. The normalized spacial score (nSPS) is 17.4. The number of aromatic nitrogens is 2. The predicted octanol–water partition coefficient (Wildman–Crippen LogP) is 1.34. The maximum absolute atomic E-state index is 12.6. The number of hydrogen-bond acceptors (Lipinski definition) is 5. The molecule has 1 aromatic carbocycles. The Bertz CT molecular complexity index is 997. The average Bonchev–Trinajstić information content (AvgIpc) is 3.14. The monoisotopic (exact) mass is 411 g/mol. The Morgan fingerprint density at radius 2 is 2.17 bits per heavy atom. The van der Waals surface area contributed by atoms with Crippen LogP contribution in [0.3, 0.4) is 0 Å². The molecule has 9 heteroatoms. The van der Waals surface area contributed by atoms with Crippen molar-refractivity contribution in [3.05, 3.63) is 41.2 Å². The van der Waals surface area contributed by atoms with Crippen LogP contribution in [0.15, 0.2) is 24.4 Å². The molecule has 0 saturated carbocycles. The Kier molecular flexibility index (Phi) is 5.43. The van der Waals surface area contributed by atoms with Crippen molar-refractivity contribution in [2.45, 2.75) is 39.3 Å². The molecule has 1 aromatic heterocycles. The van der Waals surface area contributed by atoms with E-state index in [1.54, 1.807) is 24.4 Å². The Hall–Kier alpha value is -3.36. The smallest absolute Gasteiger partial charge is 0.262 e. The molecule has 0 spiro atoms. The summed E-state index contributed by atoms with van der Waals surface area (Å²) in [7, 11) is 0. The lowest BCUT2D eigenvalue weighted by Crippen LogP contribution is -2.35. The number of hydrogen-bond donors (Lipinski definition) is 3. The first-order valence-corrected chi connectivity index (χ1v) is 10.1. The number of amides is 3. The lowest BCUT2D eigenvalue weighted by molar-refractivity contribution is -0.118. The van der Waals surface area contributed by atoms with E-state index in [0.717, 1.165) is 18.7 Å². The van der Waals surface area contributed by atoms with E-state index in [1.807, 2.05) is 18.5 Å². The van der Waals surface area contributed by atoms with Gasteiger partial charge >= 0.3 is 0 Å². The molecular formula is C21H25N5O4. The summed E-state index contributed by atoms with van der Waals surface area (Å²) in [5.74, 6) is 0.187. The van der Waals surface area contributed by atoms with Crippen LogP contribution in [-0.2, 0) is 17.8 Å². The van der Waals surface area contributed by atoms with Crippen molar-refractivity contribution in [2.24, 2.45) is 5.92 Å². The summed E-state index contributed by atoms with van der Waals surface area (Å²) in [5.41, 5.74) is 2.56. The molecule has 9 nitrogen and oxygen atoms in total. The number of benzene rings is 1. The van der Waals surface area contributed by atoms with Gasteiger partial charge in [0, 0.05) is 24.7 Å². The zero-order valence-electron chi connectivity index (χ0n) is 17.0. The van der Waals surface area contributed by atoms with Crippen molar-refractivity contribution >= 4 is 23.4 Å². The molecule has 1 unspecified atom stereocenters. The van der Waals surface area contributed by atoms with Crippen molar-refractivity contribution in [3.8, 4) is 5.75 Å². The third-order valence-electron chi connectivity index (χ3n) is 5.27. The van der Waals surface area contributed by atoms with E-state index < -0.39 is 0 Å². The van der Waals surface area contributed by atoms with E-state index in [0.29, 0.717) is 35.5 Å². The molecule has 0 bridgehead atoms. The predicted molar refractivity (Wildman–Crippen MR) is 110 cm³/mol. The third-order valence-corrected chi connectivity index (χ3v) is 5.27. The molecule has 158 valence electrons. The Morgan fingerprint density at radius 1 is 1.33 bits per heavy atom. The zero-order valence-corrected chi connectivity index (χ0v) is 17.0. The SMILES string of the molecule is CC(C)NC(=O)c1cnn2c1CC(CNC(=O)c1ccc3c(c1)OCC(=O)N3)CC2. The van der Waals surface area contributed by atoms with Gasteiger partial charge in [-0.05, 0) is 50.8 Å². The van der Waals surface area contributed by atoms with Gasteiger partial charge in [-0.15, -0.1) is 0 Å². The van der Waals surface area contributed by atoms with Crippen LogP contribution in [0.5, 0.6) is 5.75 Å². The highest BCUT2D eigenvalue weighted by Gasteiger charge is 2.26. The molecule has 3 amide bonds. The maximum atomic E-state index is 12.6. The molecule has 2 aliphatic heterocycles. The Balaban J connectivity index is 1.38. The second kappa shape index (κ2) is 8.17. The molecule has 0 radical (unpaired) electrons. The first-order chi connectivity index (χ1) is 14.4. The summed E-state index contributed by atoms with van der Waals surface area (Å²) in [6.07, 6.45) is 3.18. The van der Waals surface area contributed by atoms with Gasteiger partial charge in [-0.2, -0.15) is 5.10 Å². The fraction of sp³-hybridized carbons (Fsp3) is 0.429. The van der Waals surface area contributed by atoms with Gasteiger partial charge in [0.25, 0.3) is 17.7 Å². The maximum Gasteiger partial charge on any atom is 0.262 e. The van der Waals surface area contributed by atoms with Gasteiger partial charge in [0.1, 0.15) is 5.75 Å². The summed E-state index contributed by atoms with van der Waals surface area (Å²) in [4.78, 5) is 36.4. The minimum Gasteiger partial charge on any atom is -0.482 e. The third kappa shape index (κ3) is 4.14. The van der Waals surface area contributed by atoms with Crippen LogP contribution in [0, 0.1) is 5.92 Å². The van der Waals surface area contributed by atoms with Crippen molar-refractivity contribution in [1.82, 2.24) is 20.4 Å². The summed E-state index contributed by atoms with van der Waals surface area (Å²) < 4.78 is 7.25. The van der Waals surface area contributed by atoms with Crippen molar-refractivity contribution in [1.29, 1.82) is 0 Å². The first kappa shape index (κ1) is 19.9. The highest BCUT2D eigenvalue weighted by Crippen LogP contribution is 2.28. The van der Waals surface area contributed by atoms with Crippen LogP contribution in [0.1, 0.15) is 46.7 Å². The van der Waals surface area contributed by atoms with E-state index in [-0.39, 0.29) is 36.3 Å². The van der Waals surface area contributed by atoms with E-state index in [4.69, 9.17) is 4.74 Å². The van der Waals surface area contributed by atoms with Crippen molar-refractivity contribution < 1.29 is 19.1 Å². The van der Waals surface area contributed by atoms with E-state index >= 15 is 0 Å². The largest absolute Gasteiger partial charge is 0.482 e. The van der Waals surface area contributed by atoms with Gasteiger partial charge < -0.3 is 20.7 Å². The van der Waals surface area contributed by atoms with Crippen LogP contribution < -0.4 is 20.7 Å². The lowest BCUT2D eigenvalue weighted by atomic mass is 9.94. The molecule has 0 aliphatic carbocycles. The number of nitrogens with one attached hydrogen (secondary N) is 3. The molecule has 0 saturated heterocycles. The second-order valence-electron chi connectivity index (χ2n) is 7.97. The highest BCUT2D eigenvalue weighted by atomic mass is 16.5. The number of nitrogens with zero attached hydrogens (tertiary/aromatic N) is 2. The van der Waals surface area contributed by atoms with Crippen LogP contribution in [-0.4, -0.2) is 46.7 Å².